The molecule has 0 aromatic heterocycles. The molecule has 0 spiro atoms. The summed E-state index contributed by atoms with van der Waals surface area (Å²) in [5.41, 5.74) is 1.48. The third-order valence-electron chi connectivity index (χ3n) is 8.46. The quantitative estimate of drug-likeness (QED) is 0.306. The van der Waals surface area contributed by atoms with Crippen LogP contribution in [0.15, 0.2) is 67.3 Å². The largest absolute Gasteiger partial charge is 0.380 e. The third kappa shape index (κ3) is 5.43. The van der Waals surface area contributed by atoms with E-state index in [0.29, 0.717) is 11.8 Å². The average Bonchev–Trinajstić information content (AvgIpc) is 2.85. The SMILES string of the molecule is C=CC1CCC(C2CCC(C3(COCCC)C=CC(c4ccccc4)C=C3)CC2)CC1. The van der Waals surface area contributed by atoms with Crippen LogP contribution >= 0.6 is 0 Å². The smallest absolute Gasteiger partial charge is 0.0594 e. The van der Waals surface area contributed by atoms with Gasteiger partial charge in [0.2, 0.25) is 0 Å². The standard InChI is InChI=1S/C30H42O/c1-3-22-31-23-30(20-18-28(19-21-30)25-8-6-5-7-9-25)29-16-14-27(15-17-29)26-12-10-24(4-2)11-13-26/h4-9,18-21,24,26-29H,2-3,10-17,22-23H2,1H3. The van der Waals surface area contributed by atoms with Crippen LogP contribution in [0.1, 0.15) is 76.2 Å². The first-order chi connectivity index (χ1) is 15.2. The van der Waals surface area contributed by atoms with Gasteiger partial charge in [0.05, 0.1) is 6.61 Å². The fraction of sp³-hybridized carbons (Fsp3) is 0.600. The van der Waals surface area contributed by atoms with Crippen molar-refractivity contribution < 1.29 is 4.74 Å². The summed E-state index contributed by atoms with van der Waals surface area (Å²) in [6.07, 6.45) is 24.3. The van der Waals surface area contributed by atoms with E-state index in [4.69, 9.17) is 4.74 Å². The van der Waals surface area contributed by atoms with Gasteiger partial charge >= 0.3 is 0 Å². The second-order valence-electron chi connectivity index (χ2n) is 10.3. The van der Waals surface area contributed by atoms with Crippen molar-refractivity contribution in [3.8, 4) is 0 Å². The van der Waals surface area contributed by atoms with Crippen LogP contribution in [0.5, 0.6) is 0 Å². The highest BCUT2D eigenvalue weighted by atomic mass is 16.5. The second kappa shape index (κ2) is 10.8. The molecule has 0 N–H and O–H groups in total. The summed E-state index contributed by atoms with van der Waals surface area (Å²) in [6, 6.07) is 10.9. The van der Waals surface area contributed by atoms with E-state index >= 15 is 0 Å². The summed E-state index contributed by atoms with van der Waals surface area (Å²) < 4.78 is 6.18. The van der Waals surface area contributed by atoms with Crippen LogP contribution in [0.4, 0.5) is 0 Å². The minimum Gasteiger partial charge on any atom is -0.380 e. The Labute approximate surface area is 190 Å². The molecule has 0 heterocycles. The zero-order chi connectivity index (χ0) is 21.5. The molecule has 0 amide bonds. The number of benzene rings is 1. The molecule has 0 radical (unpaired) electrons. The monoisotopic (exact) mass is 418 g/mol. The van der Waals surface area contributed by atoms with Crippen LogP contribution in [0.25, 0.3) is 0 Å². The van der Waals surface area contributed by atoms with E-state index in [-0.39, 0.29) is 5.41 Å². The van der Waals surface area contributed by atoms with Gasteiger partial charge in [0.1, 0.15) is 0 Å². The molecule has 2 fully saturated rings. The number of rotatable bonds is 8. The van der Waals surface area contributed by atoms with Gasteiger partial charge in [-0.05, 0) is 87.0 Å². The van der Waals surface area contributed by atoms with Crippen LogP contribution in [0.2, 0.25) is 0 Å². The van der Waals surface area contributed by atoms with Crippen LogP contribution in [-0.2, 0) is 4.74 Å². The molecule has 31 heavy (non-hydrogen) atoms. The summed E-state index contributed by atoms with van der Waals surface area (Å²) in [5.74, 6) is 3.81. The molecule has 0 aliphatic heterocycles. The lowest BCUT2D eigenvalue weighted by molar-refractivity contribution is 0.0367. The van der Waals surface area contributed by atoms with Crippen molar-refractivity contribution in [2.24, 2.45) is 29.1 Å². The maximum atomic E-state index is 6.18. The van der Waals surface area contributed by atoms with E-state index in [1.54, 1.807) is 0 Å². The first-order valence-electron chi connectivity index (χ1n) is 12.9. The van der Waals surface area contributed by atoms with Crippen LogP contribution < -0.4 is 0 Å². The maximum absolute atomic E-state index is 6.18. The maximum Gasteiger partial charge on any atom is 0.0594 e. The number of allylic oxidation sites excluding steroid dienone is 3. The van der Waals surface area contributed by atoms with E-state index in [1.165, 1.54) is 56.9 Å². The molecule has 3 aliphatic rings. The van der Waals surface area contributed by atoms with Gasteiger partial charge in [-0.3, -0.25) is 0 Å². The van der Waals surface area contributed by atoms with E-state index < -0.39 is 0 Å². The molecule has 4 rings (SSSR count). The lowest BCUT2D eigenvalue weighted by atomic mass is 9.62. The Morgan fingerprint density at radius 2 is 1.52 bits per heavy atom. The highest BCUT2D eigenvalue weighted by molar-refractivity contribution is 5.34. The fourth-order valence-electron chi connectivity index (χ4n) is 6.44. The summed E-state index contributed by atoms with van der Waals surface area (Å²) in [7, 11) is 0. The van der Waals surface area contributed by atoms with Crippen LogP contribution in [-0.4, -0.2) is 13.2 Å². The Balaban J connectivity index is 1.40. The van der Waals surface area contributed by atoms with Crippen LogP contribution in [0, 0.1) is 29.1 Å². The van der Waals surface area contributed by atoms with Gasteiger partial charge in [0.15, 0.2) is 0 Å². The van der Waals surface area contributed by atoms with Gasteiger partial charge < -0.3 is 4.74 Å². The summed E-state index contributed by atoms with van der Waals surface area (Å²) in [5, 5.41) is 0. The van der Waals surface area contributed by atoms with Gasteiger partial charge in [-0.2, -0.15) is 0 Å². The summed E-state index contributed by atoms with van der Waals surface area (Å²) in [6.45, 7) is 7.94. The van der Waals surface area contributed by atoms with Gasteiger partial charge in [0.25, 0.3) is 0 Å². The third-order valence-corrected chi connectivity index (χ3v) is 8.46. The minimum atomic E-state index is 0.0892. The highest BCUT2D eigenvalue weighted by Gasteiger charge is 2.40. The first kappa shape index (κ1) is 22.6. The molecule has 1 nitrogen and oxygen atoms in total. The Bertz CT molecular complexity index is 715. The van der Waals surface area contributed by atoms with Gasteiger partial charge in [-0.1, -0.05) is 67.6 Å². The molecule has 2 saturated carbocycles. The molecular formula is C30H42O. The molecule has 1 heteroatoms. The number of ether oxygens (including phenoxy) is 1. The number of hydrogen-bond acceptors (Lipinski definition) is 1. The second-order valence-corrected chi connectivity index (χ2v) is 10.3. The topological polar surface area (TPSA) is 9.23 Å². The highest BCUT2D eigenvalue weighted by Crippen LogP contribution is 2.49. The lowest BCUT2D eigenvalue weighted by Gasteiger charge is -2.44. The Morgan fingerprint density at radius 3 is 2.10 bits per heavy atom. The predicted molar refractivity (Wildman–Crippen MR) is 132 cm³/mol. The van der Waals surface area contributed by atoms with Gasteiger partial charge in [-0.25, -0.2) is 0 Å². The zero-order valence-corrected chi connectivity index (χ0v) is 19.6. The van der Waals surface area contributed by atoms with Crippen molar-refractivity contribution in [1.29, 1.82) is 0 Å². The average molecular weight is 419 g/mol. The van der Waals surface area contributed by atoms with E-state index in [1.807, 2.05) is 0 Å². The van der Waals surface area contributed by atoms with Crippen LogP contribution in [0.3, 0.4) is 0 Å². The molecular weight excluding hydrogens is 376 g/mol. The van der Waals surface area contributed by atoms with Gasteiger partial charge in [0, 0.05) is 17.9 Å². The van der Waals surface area contributed by atoms with E-state index in [2.05, 4.69) is 74.2 Å². The summed E-state index contributed by atoms with van der Waals surface area (Å²) >= 11 is 0. The minimum absolute atomic E-state index is 0.0892. The molecule has 0 bridgehead atoms. The lowest BCUT2D eigenvalue weighted by Crippen LogP contribution is -2.37. The Hall–Kier alpha value is -1.60. The van der Waals surface area contributed by atoms with Crippen molar-refractivity contribution in [2.75, 3.05) is 13.2 Å². The van der Waals surface area contributed by atoms with Crippen molar-refractivity contribution in [1.82, 2.24) is 0 Å². The molecule has 3 aliphatic carbocycles. The van der Waals surface area contributed by atoms with E-state index in [0.717, 1.165) is 37.4 Å². The van der Waals surface area contributed by atoms with Crippen molar-refractivity contribution in [2.45, 2.75) is 70.6 Å². The molecule has 168 valence electrons. The molecule has 0 atom stereocenters. The summed E-state index contributed by atoms with van der Waals surface area (Å²) in [4.78, 5) is 0. The predicted octanol–water partition coefficient (Wildman–Crippen LogP) is 8.11. The van der Waals surface area contributed by atoms with Crippen molar-refractivity contribution in [3.05, 3.63) is 72.9 Å². The molecule has 0 unspecified atom stereocenters. The van der Waals surface area contributed by atoms with Gasteiger partial charge in [-0.15, -0.1) is 6.58 Å². The molecule has 0 saturated heterocycles. The van der Waals surface area contributed by atoms with Crippen molar-refractivity contribution >= 4 is 0 Å². The first-order valence-corrected chi connectivity index (χ1v) is 12.9. The Kier molecular flexibility index (Phi) is 7.88. The normalized spacial score (nSPS) is 35.7. The molecule has 1 aromatic carbocycles. The fourth-order valence-corrected chi connectivity index (χ4v) is 6.44. The number of hydrogen-bond donors (Lipinski definition) is 0. The van der Waals surface area contributed by atoms with Crippen molar-refractivity contribution in [3.63, 3.8) is 0 Å². The zero-order valence-electron chi connectivity index (χ0n) is 19.6. The Morgan fingerprint density at radius 1 is 0.903 bits per heavy atom. The van der Waals surface area contributed by atoms with E-state index in [9.17, 15) is 0 Å². The molecule has 1 aromatic rings.